The fourth-order valence-corrected chi connectivity index (χ4v) is 2.30. The van der Waals surface area contributed by atoms with Gasteiger partial charge in [-0.3, -0.25) is 9.59 Å². The summed E-state index contributed by atoms with van der Waals surface area (Å²) in [6.07, 6.45) is 4.30. The summed E-state index contributed by atoms with van der Waals surface area (Å²) in [7, 11) is 1.70. The second kappa shape index (κ2) is 7.74. The lowest BCUT2D eigenvalue weighted by Gasteiger charge is -2.17. The van der Waals surface area contributed by atoms with Crippen molar-refractivity contribution in [3.8, 4) is 0 Å². The Bertz CT molecular complexity index is 791. The molecule has 0 aliphatic heterocycles. The number of halogens is 1. The van der Waals surface area contributed by atoms with Gasteiger partial charge < -0.3 is 15.6 Å². The third kappa shape index (κ3) is 3.87. The number of benzene rings is 1. The van der Waals surface area contributed by atoms with Crippen molar-refractivity contribution in [1.82, 2.24) is 0 Å². The summed E-state index contributed by atoms with van der Waals surface area (Å²) in [5.41, 5.74) is 0.0530. The summed E-state index contributed by atoms with van der Waals surface area (Å²) >= 11 is 6.06. The highest BCUT2D eigenvalue weighted by Crippen LogP contribution is 2.26. The minimum absolute atomic E-state index is 0.122. The number of aliphatic imine (C=N–C) groups is 1. The van der Waals surface area contributed by atoms with E-state index in [0.717, 1.165) is 6.42 Å². The molecule has 0 aliphatic carbocycles. The Kier molecular flexibility index (Phi) is 5.71. The van der Waals surface area contributed by atoms with Crippen LogP contribution >= 0.6 is 11.6 Å². The van der Waals surface area contributed by atoms with Gasteiger partial charge in [0.1, 0.15) is 11.4 Å². The Morgan fingerprint density at radius 3 is 2.61 bits per heavy atom. The predicted molar refractivity (Wildman–Crippen MR) is 97.3 cm³/mol. The lowest BCUT2D eigenvalue weighted by atomic mass is 10.1. The van der Waals surface area contributed by atoms with Crippen LogP contribution in [0.2, 0.25) is 5.02 Å². The summed E-state index contributed by atoms with van der Waals surface area (Å²) in [5.74, 6) is 0.122. The van der Waals surface area contributed by atoms with Gasteiger partial charge in [-0.25, -0.2) is 0 Å². The third-order valence-corrected chi connectivity index (χ3v) is 3.84. The first-order valence-electron chi connectivity index (χ1n) is 7.20. The molecule has 0 aliphatic rings. The number of hydrogen-bond acceptors (Lipinski definition) is 5. The number of nitrogens with zero attached hydrogens (tertiary/aromatic N) is 1. The number of hydrogen-bond donors (Lipinski definition) is 2. The van der Waals surface area contributed by atoms with Gasteiger partial charge in [-0.15, -0.1) is 6.58 Å². The van der Waals surface area contributed by atoms with Crippen molar-refractivity contribution < 1.29 is 0 Å². The summed E-state index contributed by atoms with van der Waals surface area (Å²) in [6, 6.07) is 7.04. The van der Waals surface area contributed by atoms with Gasteiger partial charge in [-0.2, -0.15) is 0 Å². The SMILES string of the molecule is C=CC(C/C=N\C)CNc1c(Nc2ccccc2Cl)c(=O)c1=O. The van der Waals surface area contributed by atoms with Crippen molar-refractivity contribution in [1.29, 1.82) is 0 Å². The van der Waals surface area contributed by atoms with Crippen molar-refractivity contribution in [2.45, 2.75) is 6.42 Å². The normalized spacial score (nSPS) is 12.4. The zero-order valence-corrected chi connectivity index (χ0v) is 13.6. The molecule has 2 aromatic rings. The molecule has 0 bridgehead atoms. The van der Waals surface area contributed by atoms with Crippen molar-refractivity contribution in [2.75, 3.05) is 24.2 Å². The molecule has 2 N–H and O–H groups in total. The Morgan fingerprint density at radius 2 is 1.96 bits per heavy atom. The molecular weight excluding hydrogens is 314 g/mol. The van der Waals surface area contributed by atoms with Crippen LogP contribution in [0.25, 0.3) is 0 Å². The van der Waals surface area contributed by atoms with E-state index >= 15 is 0 Å². The summed E-state index contributed by atoms with van der Waals surface area (Å²) in [5, 5.41) is 6.43. The van der Waals surface area contributed by atoms with E-state index in [2.05, 4.69) is 22.2 Å². The molecule has 6 heteroatoms. The first-order chi connectivity index (χ1) is 11.1. The van der Waals surface area contributed by atoms with Gasteiger partial charge >= 0.3 is 0 Å². The lowest BCUT2D eigenvalue weighted by Crippen LogP contribution is -2.37. The molecule has 2 aromatic carbocycles. The molecule has 0 saturated carbocycles. The van der Waals surface area contributed by atoms with E-state index in [4.69, 9.17) is 11.6 Å². The van der Waals surface area contributed by atoms with Gasteiger partial charge in [0, 0.05) is 13.6 Å². The standard InChI is InChI=1S/C17H18ClN3O2/c1-3-11(8-9-19-2)10-20-14-15(17(23)16(14)22)21-13-7-5-4-6-12(13)18/h3-7,9,11,20-21H,1,8,10H2,2H3/b19-9-. The van der Waals surface area contributed by atoms with Gasteiger partial charge in [-0.05, 0) is 30.7 Å². The predicted octanol–water partition coefficient (Wildman–Crippen LogP) is 2.98. The fourth-order valence-electron chi connectivity index (χ4n) is 2.11. The van der Waals surface area contributed by atoms with Gasteiger partial charge in [-0.1, -0.05) is 29.8 Å². The number of anilines is 3. The first-order valence-corrected chi connectivity index (χ1v) is 7.58. The second-order valence-electron chi connectivity index (χ2n) is 5.07. The largest absolute Gasteiger partial charge is 0.379 e. The van der Waals surface area contributed by atoms with Crippen molar-refractivity contribution in [3.63, 3.8) is 0 Å². The quantitative estimate of drug-likeness (QED) is 0.443. The molecule has 0 radical (unpaired) electrons. The van der Waals surface area contributed by atoms with Crippen molar-refractivity contribution >= 4 is 34.9 Å². The molecule has 0 spiro atoms. The minimum atomic E-state index is -0.544. The van der Waals surface area contributed by atoms with Crippen LogP contribution in [0, 0.1) is 5.92 Å². The number of para-hydroxylation sites is 1. The Labute approximate surface area is 139 Å². The van der Waals surface area contributed by atoms with Crippen LogP contribution in [0.15, 0.2) is 51.5 Å². The van der Waals surface area contributed by atoms with Crippen LogP contribution in [0.1, 0.15) is 6.42 Å². The second-order valence-corrected chi connectivity index (χ2v) is 5.47. The molecule has 23 heavy (non-hydrogen) atoms. The van der Waals surface area contributed by atoms with Crippen LogP contribution in [-0.2, 0) is 0 Å². The maximum Gasteiger partial charge on any atom is 0.253 e. The highest BCUT2D eigenvalue weighted by Gasteiger charge is 2.21. The van der Waals surface area contributed by atoms with E-state index in [-0.39, 0.29) is 17.3 Å². The van der Waals surface area contributed by atoms with Crippen LogP contribution in [0.4, 0.5) is 17.1 Å². The Hall–Kier alpha value is -2.40. The molecule has 2 rings (SSSR count). The molecule has 0 aromatic heterocycles. The van der Waals surface area contributed by atoms with E-state index in [1.165, 1.54) is 0 Å². The number of nitrogens with one attached hydrogen (secondary N) is 2. The summed E-state index contributed by atoms with van der Waals surface area (Å²) in [6.45, 7) is 4.26. The van der Waals surface area contributed by atoms with E-state index in [1.807, 2.05) is 0 Å². The monoisotopic (exact) mass is 331 g/mol. The molecule has 0 amide bonds. The minimum Gasteiger partial charge on any atom is -0.379 e. The van der Waals surface area contributed by atoms with E-state index in [9.17, 15) is 9.59 Å². The molecule has 0 heterocycles. The zero-order valence-electron chi connectivity index (χ0n) is 12.8. The molecule has 0 fully saturated rings. The molecule has 1 atom stereocenters. The van der Waals surface area contributed by atoms with Crippen molar-refractivity contribution in [3.05, 3.63) is 62.4 Å². The lowest BCUT2D eigenvalue weighted by molar-refractivity contribution is 0.726. The first kappa shape index (κ1) is 17.0. The van der Waals surface area contributed by atoms with E-state index in [0.29, 0.717) is 17.3 Å². The molecular formula is C17H18ClN3O2. The van der Waals surface area contributed by atoms with Crippen LogP contribution in [0.5, 0.6) is 0 Å². The Morgan fingerprint density at radius 1 is 1.26 bits per heavy atom. The van der Waals surface area contributed by atoms with Gasteiger partial charge in [0.15, 0.2) is 0 Å². The van der Waals surface area contributed by atoms with Crippen LogP contribution < -0.4 is 21.5 Å². The summed E-state index contributed by atoms with van der Waals surface area (Å²) in [4.78, 5) is 27.5. The molecule has 0 saturated heterocycles. The smallest absolute Gasteiger partial charge is 0.253 e. The van der Waals surface area contributed by atoms with Crippen molar-refractivity contribution in [2.24, 2.45) is 10.9 Å². The topological polar surface area (TPSA) is 70.6 Å². The average molecular weight is 332 g/mol. The van der Waals surface area contributed by atoms with Crippen LogP contribution in [-0.4, -0.2) is 19.8 Å². The van der Waals surface area contributed by atoms with Crippen LogP contribution in [0.3, 0.4) is 0 Å². The average Bonchev–Trinajstić information content (AvgIpc) is 2.57. The van der Waals surface area contributed by atoms with Gasteiger partial charge in [0.05, 0.1) is 10.7 Å². The molecule has 120 valence electrons. The Balaban J connectivity index is 2.11. The van der Waals surface area contributed by atoms with E-state index < -0.39 is 10.9 Å². The zero-order chi connectivity index (χ0) is 16.8. The molecule has 1 unspecified atom stereocenters. The fraction of sp³-hybridized carbons (Fsp3) is 0.235. The highest BCUT2D eigenvalue weighted by molar-refractivity contribution is 6.33. The highest BCUT2D eigenvalue weighted by atomic mass is 35.5. The maximum absolute atomic E-state index is 11.8. The van der Waals surface area contributed by atoms with Gasteiger partial charge in [0.2, 0.25) is 0 Å². The third-order valence-electron chi connectivity index (χ3n) is 3.51. The maximum atomic E-state index is 11.8. The summed E-state index contributed by atoms with van der Waals surface area (Å²) < 4.78 is 0. The van der Waals surface area contributed by atoms with Gasteiger partial charge in [0.25, 0.3) is 10.9 Å². The van der Waals surface area contributed by atoms with E-state index in [1.54, 1.807) is 43.6 Å². The molecule has 5 nitrogen and oxygen atoms in total. The number of rotatable bonds is 8.